The normalized spacial score (nSPS) is 18.1. The lowest BCUT2D eigenvalue weighted by atomic mass is 9.84. The number of hydrogen-bond acceptors (Lipinski definition) is 5. The van der Waals surface area contributed by atoms with Crippen LogP contribution in [0, 0.1) is 17.5 Å². The van der Waals surface area contributed by atoms with Gasteiger partial charge >= 0.3 is 0 Å². The van der Waals surface area contributed by atoms with Gasteiger partial charge in [0.15, 0.2) is 0 Å². The zero-order valence-corrected chi connectivity index (χ0v) is 18.7. The smallest absolute Gasteiger partial charge is 0.137 e. The molecule has 0 aliphatic carbocycles. The largest absolute Gasteiger partial charge is 0.381 e. The summed E-state index contributed by atoms with van der Waals surface area (Å²) in [5.74, 6) is -1.77. The minimum Gasteiger partial charge on any atom is -0.381 e. The van der Waals surface area contributed by atoms with Gasteiger partial charge in [-0.25, -0.2) is 22.8 Å². The van der Waals surface area contributed by atoms with Crippen molar-refractivity contribution in [2.45, 2.75) is 44.0 Å². The molecule has 1 fully saturated rings. The second-order valence-electron chi connectivity index (χ2n) is 8.68. The number of halogens is 3. The summed E-state index contributed by atoms with van der Waals surface area (Å²) in [7, 11) is 1.95. The first-order valence-corrected chi connectivity index (χ1v) is 11.0. The summed E-state index contributed by atoms with van der Waals surface area (Å²) in [6, 6.07) is 9.47. The summed E-state index contributed by atoms with van der Waals surface area (Å²) >= 11 is 0. The number of anilines is 1. The van der Waals surface area contributed by atoms with Gasteiger partial charge in [0.05, 0.1) is 6.54 Å². The third-order valence-corrected chi connectivity index (χ3v) is 6.77. The fourth-order valence-electron chi connectivity index (χ4n) is 4.71. The van der Waals surface area contributed by atoms with Crippen LogP contribution in [0.4, 0.5) is 18.9 Å². The number of piperidine rings is 1. The highest BCUT2D eigenvalue weighted by molar-refractivity contribution is 5.46. The Bertz CT molecular complexity index is 1070. The van der Waals surface area contributed by atoms with Gasteiger partial charge in [-0.2, -0.15) is 5.10 Å². The quantitative estimate of drug-likeness (QED) is 0.586. The molecule has 0 spiro atoms. The van der Waals surface area contributed by atoms with E-state index in [-0.39, 0.29) is 24.0 Å². The van der Waals surface area contributed by atoms with Crippen LogP contribution in [0.15, 0.2) is 55.1 Å². The van der Waals surface area contributed by atoms with Crippen LogP contribution in [-0.4, -0.2) is 57.0 Å². The van der Waals surface area contributed by atoms with Crippen molar-refractivity contribution >= 4 is 5.69 Å². The number of hydrogen-bond donors (Lipinski definition) is 1. The van der Waals surface area contributed by atoms with Crippen molar-refractivity contribution in [1.29, 1.82) is 0 Å². The van der Waals surface area contributed by atoms with Crippen molar-refractivity contribution in [2.24, 2.45) is 0 Å². The molecular weight excluding hydrogens is 431 g/mol. The van der Waals surface area contributed by atoms with Crippen LogP contribution in [0.5, 0.6) is 0 Å². The monoisotopic (exact) mass is 459 g/mol. The fourth-order valence-corrected chi connectivity index (χ4v) is 4.71. The van der Waals surface area contributed by atoms with E-state index in [0.29, 0.717) is 13.1 Å². The third kappa shape index (κ3) is 4.89. The van der Waals surface area contributed by atoms with Crippen molar-refractivity contribution in [3.05, 3.63) is 78.1 Å². The molecule has 2 aromatic carbocycles. The van der Waals surface area contributed by atoms with Crippen LogP contribution < -0.4 is 4.90 Å². The van der Waals surface area contributed by atoms with E-state index in [1.165, 1.54) is 35.5 Å². The summed E-state index contributed by atoms with van der Waals surface area (Å²) < 4.78 is 43.4. The minimum absolute atomic E-state index is 0.0194. The molecule has 0 bridgehead atoms. The maximum absolute atomic E-state index is 14.8. The van der Waals surface area contributed by atoms with Crippen molar-refractivity contribution in [3.8, 4) is 0 Å². The predicted molar refractivity (Wildman–Crippen MR) is 119 cm³/mol. The molecular formula is C24H28F3N5O. The van der Waals surface area contributed by atoms with Crippen molar-refractivity contribution in [2.75, 3.05) is 25.0 Å². The Kier molecular flexibility index (Phi) is 6.71. The molecule has 1 aromatic heterocycles. The maximum atomic E-state index is 14.8. The fraction of sp³-hybridized carbons (Fsp3) is 0.417. The first-order valence-electron chi connectivity index (χ1n) is 11.0. The molecule has 0 amide bonds. The highest BCUT2D eigenvalue weighted by Gasteiger charge is 2.43. The third-order valence-electron chi connectivity index (χ3n) is 6.77. The lowest BCUT2D eigenvalue weighted by Gasteiger charge is -2.45. The Hall–Kier alpha value is -2.91. The second-order valence-corrected chi connectivity index (χ2v) is 8.68. The van der Waals surface area contributed by atoms with Crippen LogP contribution in [0.25, 0.3) is 0 Å². The number of nitrogens with zero attached hydrogens (tertiary/aromatic N) is 5. The molecule has 6 nitrogen and oxygen atoms in total. The summed E-state index contributed by atoms with van der Waals surface area (Å²) in [5, 5.41) is 15.9. The summed E-state index contributed by atoms with van der Waals surface area (Å²) in [6.45, 7) is 3.14. The number of aromatic nitrogens is 3. The minimum atomic E-state index is -1.66. The van der Waals surface area contributed by atoms with Gasteiger partial charge in [-0.15, -0.1) is 0 Å². The number of rotatable bonds is 7. The highest BCUT2D eigenvalue weighted by atomic mass is 19.1. The highest BCUT2D eigenvalue weighted by Crippen LogP contribution is 2.34. The molecule has 1 N–H and O–H groups in total. The SMILES string of the molecule is C[C@@H](N1CCC(N(C)c2cccc(F)c2)CC1)[C@](O)(Cn1cncn1)c1ccc(F)cc1F. The molecule has 176 valence electrons. The Morgan fingerprint density at radius 2 is 1.85 bits per heavy atom. The average molecular weight is 460 g/mol. The molecule has 9 heteroatoms. The zero-order valence-electron chi connectivity index (χ0n) is 18.7. The van der Waals surface area contributed by atoms with Gasteiger partial charge < -0.3 is 10.0 Å². The molecule has 4 rings (SSSR count). The van der Waals surface area contributed by atoms with Gasteiger partial charge in [0.25, 0.3) is 0 Å². The molecule has 3 aromatic rings. The molecule has 0 unspecified atom stereocenters. The Morgan fingerprint density at radius 1 is 1.12 bits per heavy atom. The number of likely N-dealkylation sites (tertiary alicyclic amines) is 1. The van der Waals surface area contributed by atoms with E-state index in [0.717, 1.165) is 30.7 Å². The van der Waals surface area contributed by atoms with Crippen molar-refractivity contribution in [3.63, 3.8) is 0 Å². The first-order chi connectivity index (χ1) is 15.8. The lowest BCUT2D eigenvalue weighted by Crippen LogP contribution is -2.55. The zero-order chi connectivity index (χ0) is 23.6. The van der Waals surface area contributed by atoms with E-state index < -0.39 is 23.3 Å². The van der Waals surface area contributed by atoms with Gasteiger partial charge in [-0.1, -0.05) is 12.1 Å². The maximum Gasteiger partial charge on any atom is 0.137 e. The molecule has 1 aliphatic rings. The van der Waals surface area contributed by atoms with E-state index in [1.54, 1.807) is 6.07 Å². The molecule has 1 aliphatic heterocycles. The lowest BCUT2D eigenvalue weighted by molar-refractivity contribution is -0.0690. The average Bonchev–Trinajstić information content (AvgIpc) is 3.31. The van der Waals surface area contributed by atoms with Crippen LogP contribution >= 0.6 is 0 Å². The van der Waals surface area contributed by atoms with Crippen LogP contribution in [-0.2, 0) is 12.1 Å². The van der Waals surface area contributed by atoms with Gasteiger partial charge in [0, 0.05) is 49.5 Å². The summed E-state index contributed by atoms with van der Waals surface area (Å²) in [6.07, 6.45) is 4.39. The molecule has 0 saturated carbocycles. The number of benzene rings is 2. The van der Waals surface area contributed by atoms with E-state index in [9.17, 15) is 18.3 Å². The van der Waals surface area contributed by atoms with Gasteiger partial charge in [-0.3, -0.25) is 4.90 Å². The summed E-state index contributed by atoms with van der Waals surface area (Å²) in [5.41, 5.74) is -0.823. The van der Waals surface area contributed by atoms with Crippen LogP contribution in [0.3, 0.4) is 0 Å². The van der Waals surface area contributed by atoms with E-state index in [4.69, 9.17) is 0 Å². The molecule has 33 heavy (non-hydrogen) atoms. The topological polar surface area (TPSA) is 57.4 Å². The molecule has 1 saturated heterocycles. The van der Waals surface area contributed by atoms with Crippen molar-refractivity contribution in [1.82, 2.24) is 19.7 Å². The first kappa shape index (κ1) is 23.3. The Morgan fingerprint density at radius 3 is 2.48 bits per heavy atom. The van der Waals surface area contributed by atoms with Gasteiger partial charge in [0.2, 0.25) is 0 Å². The van der Waals surface area contributed by atoms with E-state index in [1.807, 2.05) is 20.0 Å². The van der Waals surface area contributed by atoms with Crippen LogP contribution in [0.1, 0.15) is 25.3 Å². The Labute approximate surface area is 191 Å². The van der Waals surface area contributed by atoms with Gasteiger partial charge in [-0.05, 0) is 44.0 Å². The molecule has 2 atom stereocenters. The second kappa shape index (κ2) is 9.52. The molecule has 0 radical (unpaired) electrons. The standard InChI is InChI=1S/C24H28F3N5O/c1-17(31-10-8-20(9-11-31)30(2)21-5-3-4-18(25)12-21)24(33,14-32-16-28-15-29-32)22-7-6-19(26)13-23(22)27/h3-7,12-13,15-17,20,33H,8-11,14H2,1-2H3/t17-,24-/m1/s1. The van der Waals surface area contributed by atoms with E-state index in [2.05, 4.69) is 19.9 Å². The number of aliphatic hydroxyl groups is 1. The predicted octanol–water partition coefficient (Wildman–Crippen LogP) is 3.57. The molecule has 2 heterocycles. The van der Waals surface area contributed by atoms with E-state index >= 15 is 0 Å². The van der Waals surface area contributed by atoms with Crippen LogP contribution in [0.2, 0.25) is 0 Å². The van der Waals surface area contributed by atoms with Crippen molar-refractivity contribution < 1.29 is 18.3 Å². The Balaban J connectivity index is 1.53. The summed E-state index contributed by atoms with van der Waals surface area (Å²) in [4.78, 5) is 8.10. The van der Waals surface area contributed by atoms with Gasteiger partial charge in [0.1, 0.15) is 35.7 Å².